The Morgan fingerprint density at radius 3 is 2.54 bits per heavy atom. The molecule has 0 N–H and O–H groups in total. The van der Waals surface area contributed by atoms with Crippen molar-refractivity contribution >= 4 is 46.6 Å². The number of fused-ring (bicyclic) bond motifs is 1. The molecular weight excluding hydrogens is 555 g/mol. The molecule has 2 heterocycles. The summed E-state index contributed by atoms with van der Waals surface area (Å²) in [5.41, 5.74) is 3.03. The predicted octanol–water partition coefficient (Wildman–Crippen LogP) is 5.68. The van der Waals surface area contributed by atoms with E-state index in [1.54, 1.807) is 34.9 Å². The second-order valence-electron chi connectivity index (χ2n) is 8.80. The van der Waals surface area contributed by atoms with Gasteiger partial charge in [0.15, 0.2) is 4.80 Å². The number of carbonyl (C=O) groups excluding carboxylic acids is 1. The van der Waals surface area contributed by atoms with E-state index in [4.69, 9.17) is 37.7 Å². The van der Waals surface area contributed by atoms with E-state index in [1.165, 1.54) is 18.4 Å². The second kappa shape index (κ2) is 11.6. The van der Waals surface area contributed by atoms with E-state index in [0.29, 0.717) is 55.0 Å². The third kappa shape index (κ3) is 5.57. The average molecular weight is 580 g/mol. The number of hydrogen-bond acceptors (Lipinski definition) is 6. The van der Waals surface area contributed by atoms with Crippen molar-refractivity contribution in [3.8, 4) is 5.75 Å². The lowest BCUT2D eigenvalue weighted by molar-refractivity contribution is -0.136. The van der Waals surface area contributed by atoms with E-state index < -0.39 is 12.0 Å². The van der Waals surface area contributed by atoms with Gasteiger partial charge < -0.3 is 9.47 Å². The van der Waals surface area contributed by atoms with Crippen molar-refractivity contribution < 1.29 is 14.3 Å². The van der Waals surface area contributed by atoms with Crippen molar-refractivity contribution in [1.29, 1.82) is 0 Å². The molecular formula is C30H24Cl2N2O4S. The molecule has 0 spiro atoms. The van der Waals surface area contributed by atoms with Crippen molar-refractivity contribution in [3.63, 3.8) is 0 Å². The van der Waals surface area contributed by atoms with Gasteiger partial charge in [0.05, 0.1) is 29.0 Å². The van der Waals surface area contributed by atoms with E-state index in [9.17, 15) is 9.59 Å². The van der Waals surface area contributed by atoms with Crippen LogP contribution >= 0.6 is 34.5 Å². The van der Waals surface area contributed by atoms with Crippen LogP contribution in [0.3, 0.4) is 0 Å². The Morgan fingerprint density at radius 2 is 1.82 bits per heavy atom. The number of allylic oxidation sites excluding steroid dienone is 1. The Hall–Kier alpha value is -3.65. The van der Waals surface area contributed by atoms with Crippen LogP contribution in [0, 0.1) is 0 Å². The highest BCUT2D eigenvalue weighted by molar-refractivity contribution is 7.07. The van der Waals surface area contributed by atoms with Crippen molar-refractivity contribution in [1.82, 2.24) is 4.57 Å². The van der Waals surface area contributed by atoms with Crippen LogP contribution in [-0.4, -0.2) is 17.6 Å². The van der Waals surface area contributed by atoms with Gasteiger partial charge in [0, 0.05) is 15.6 Å². The number of benzene rings is 3. The van der Waals surface area contributed by atoms with Crippen molar-refractivity contribution in [3.05, 3.63) is 130 Å². The maximum absolute atomic E-state index is 13.9. The number of carbonyl (C=O) groups is 1. The zero-order valence-corrected chi connectivity index (χ0v) is 23.5. The fraction of sp³-hybridized carbons (Fsp3) is 0.167. The van der Waals surface area contributed by atoms with Crippen LogP contribution in [0.15, 0.2) is 93.9 Å². The summed E-state index contributed by atoms with van der Waals surface area (Å²) in [6.45, 7) is 2.22. The van der Waals surface area contributed by atoms with Gasteiger partial charge in [0.2, 0.25) is 0 Å². The quantitative estimate of drug-likeness (QED) is 0.264. The van der Waals surface area contributed by atoms with Gasteiger partial charge in [-0.05, 0) is 54.0 Å². The van der Waals surface area contributed by atoms with E-state index >= 15 is 0 Å². The van der Waals surface area contributed by atoms with Crippen molar-refractivity contribution in [2.45, 2.75) is 26.0 Å². The molecule has 6 nitrogen and oxygen atoms in total. The molecule has 9 heteroatoms. The molecule has 0 amide bonds. The number of halogens is 2. The Labute approximate surface area is 239 Å². The van der Waals surface area contributed by atoms with Gasteiger partial charge in [-0.25, -0.2) is 9.79 Å². The first-order chi connectivity index (χ1) is 18.9. The van der Waals surface area contributed by atoms with E-state index in [0.717, 1.165) is 11.1 Å². The van der Waals surface area contributed by atoms with Crippen LogP contribution in [0.4, 0.5) is 0 Å². The van der Waals surface area contributed by atoms with Gasteiger partial charge in [-0.15, -0.1) is 0 Å². The summed E-state index contributed by atoms with van der Waals surface area (Å²) in [6, 6.07) is 21.4. The molecule has 1 aliphatic heterocycles. The molecule has 1 aromatic heterocycles. The predicted molar refractivity (Wildman–Crippen MR) is 154 cm³/mol. The van der Waals surface area contributed by atoms with Gasteiger partial charge in [-0.2, -0.15) is 0 Å². The summed E-state index contributed by atoms with van der Waals surface area (Å²) in [7, 11) is 1.33. The zero-order valence-electron chi connectivity index (χ0n) is 21.2. The van der Waals surface area contributed by atoms with Gasteiger partial charge in [0.1, 0.15) is 12.4 Å². The minimum atomic E-state index is -0.662. The molecule has 198 valence electrons. The Morgan fingerprint density at radius 1 is 1.05 bits per heavy atom. The number of nitrogens with zero attached hydrogens (tertiary/aromatic N) is 2. The molecule has 4 aromatic rings. The Balaban J connectivity index is 1.64. The summed E-state index contributed by atoms with van der Waals surface area (Å²) in [5.74, 6) is 0.0552. The molecule has 0 fully saturated rings. The molecule has 1 aliphatic rings. The van der Waals surface area contributed by atoms with Crippen LogP contribution in [0.1, 0.15) is 36.1 Å². The van der Waals surface area contributed by atoms with Crippen molar-refractivity contribution in [2.75, 3.05) is 7.11 Å². The number of aromatic nitrogens is 1. The zero-order chi connectivity index (χ0) is 27.5. The molecule has 0 unspecified atom stereocenters. The highest BCUT2D eigenvalue weighted by atomic mass is 35.5. The topological polar surface area (TPSA) is 69.9 Å². The fourth-order valence-corrected chi connectivity index (χ4v) is 5.91. The van der Waals surface area contributed by atoms with Crippen LogP contribution < -0.4 is 19.6 Å². The number of hydrogen-bond donors (Lipinski definition) is 0. The van der Waals surface area contributed by atoms with Gasteiger partial charge in [-0.3, -0.25) is 9.36 Å². The summed E-state index contributed by atoms with van der Waals surface area (Å²) < 4.78 is 13.2. The summed E-state index contributed by atoms with van der Waals surface area (Å²) in [4.78, 5) is 32.0. The van der Waals surface area contributed by atoms with E-state index in [1.807, 2.05) is 55.5 Å². The number of rotatable bonds is 7. The lowest BCUT2D eigenvalue weighted by Crippen LogP contribution is -2.40. The molecule has 0 saturated carbocycles. The first-order valence-corrected chi connectivity index (χ1v) is 13.8. The molecule has 3 aromatic carbocycles. The normalized spacial score (nSPS) is 15.1. The number of esters is 1. The first kappa shape index (κ1) is 26.9. The Kier molecular flexibility index (Phi) is 8.02. The number of methoxy groups -OCH3 is 1. The SMILES string of the molecule is CCC1=C(C(=O)OC)[C@H](c2ccccc2)n2c(s/c(=C/c3cc(Cl)ccc3OCc3cccc(Cl)c3)c2=O)=N1. The molecule has 39 heavy (non-hydrogen) atoms. The highest BCUT2D eigenvalue weighted by Crippen LogP contribution is 2.32. The summed E-state index contributed by atoms with van der Waals surface area (Å²) in [6.07, 6.45) is 2.26. The summed E-state index contributed by atoms with van der Waals surface area (Å²) in [5, 5.41) is 1.13. The summed E-state index contributed by atoms with van der Waals surface area (Å²) >= 11 is 13.7. The van der Waals surface area contributed by atoms with Crippen molar-refractivity contribution in [2.24, 2.45) is 4.99 Å². The number of ether oxygens (including phenoxy) is 2. The van der Waals surface area contributed by atoms with Crippen LogP contribution in [0.2, 0.25) is 10.0 Å². The standard InChI is InChI=1S/C30H24Cl2N2O4S/c1-3-23-26(29(36)37-2)27(19-9-5-4-6-10-19)34-28(35)25(39-30(34)33-23)16-20-15-22(32)12-13-24(20)38-17-18-8-7-11-21(31)14-18/h4-16,27H,3,17H2,1-2H3/b25-16+/t27-/m0/s1. The van der Waals surface area contributed by atoms with Crippen LogP contribution in [0.5, 0.6) is 5.75 Å². The smallest absolute Gasteiger partial charge is 0.338 e. The minimum Gasteiger partial charge on any atom is -0.488 e. The Bertz CT molecular complexity index is 1760. The molecule has 5 rings (SSSR count). The molecule has 0 aliphatic carbocycles. The second-order valence-corrected chi connectivity index (χ2v) is 10.7. The van der Waals surface area contributed by atoms with Gasteiger partial charge in [-0.1, -0.05) is 83.9 Å². The average Bonchev–Trinajstić information content (AvgIpc) is 3.25. The third-order valence-electron chi connectivity index (χ3n) is 6.31. The first-order valence-electron chi connectivity index (χ1n) is 12.2. The van der Waals surface area contributed by atoms with Crippen LogP contribution in [-0.2, 0) is 16.1 Å². The van der Waals surface area contributed by atoms with E-state index in [2.05, 4.69) is 0 Å². The third-order valence-corrected chi connectivity index (χ3v) is 7.76. The molecule has 1 atom stereocenters. The maximum Gasteiger partial charge on any atom is 0.338 e. The lowest BCUT2D eigenvalue weighted by atomic mass is 9.95. The minimum absolute atomic E-state index is 0.273. The number of thiazole rings is 1. The fourth-order valence-electron chi connectivity index (χ4n) is 4.51. The maximum atomic E-state index is 13.9. The highest BCUT2D eigenvalue weighted by Gasteiger charge is 2.33. The van der Waals surface area contributed by atoms with Crippen LogP contribution in [0.25, 0.3) is 6.08 Å². The molecule has 0 saturated heterocycles. The molecule has 0 radical (unpaired) electrons. The largest absolute Gasteiger partial charge is 0.488 e. The van der Waals surface area contributed by atoms with E-state index in [-0.39, 0.29) is 5.56 Å². The lowest BCUT2D eigenvalue weighted by Gasteiger charge is -2.25. The van der Waals surface area contributed by atoms with Gasteiger partial charge in [0.25, 0.3) is 5.56 Å². The monoisotopic (exact) mass is 578 g/mol. The molecule has 0 bridgehead atoms. The van der Waals surface area contributed by atoms with Gasteiger partial charge >= 0.3 is 5.97 Å².